The Labute approximate surface area is 141 Å². The van der Waals surface area contributed by atoms with Gasteiger partial charge >= 0.3 is 58.2 Å². The molecule has 76 valence electrons. The van der Waals surface area contributed by atoms with Crippen LogP contribution in [0.5, 0.6) is 0 Å². The van der Waals surface area contributed by atoms with Gasteiger partial charge in [-0.25, -0.2) is 0 Å². The number of pyridine rings is 1. The van der Waals surface area contributed by atoms with Gasteiger partial charge in [0.15, 0.2) is 0 Å². The van der Waals surface area contributed by atoms with Crippen LogP contribution in [0.15, 0.2) is 18.3 Å². The average Bonchev–Trinajstić information content (AvgIpc) is 2.51. The molecule has 0 saturated carbocycles. The molecule has 2 heterocycles. The van der Waals surface area contributed by atoms with Crippen molar-refractivity contribution >= 4 is 5.52 Å². The van der Waals surface area contributed by atoms with Gasteiger partial charge in [0, 0.05) is 6.33 Å². The second-order valence-electron chi connectivity index (χ2n) is 3.70. The molecule has 2 nitrogen and oxygen atoms in total. The minimum absolute atomic E-state index is 0. The molecule has 3 heteroatoms. The van der Waals surface area contributed by atoms with Crippen LogP contribution in [0.25, 0.3) is 5.52 Å². The molecule has 0 amide bonds. The number of rotatable bonds is 1. The Balaban J connectivity index is 0.000000980. The topological polar surface area (TPSA) is 17.3 Å². The van der Waals surface area contributed by atoms with Crippen molar-refractivity contribution in [3.63, 3.8) is 0 Å². The zero-order chi connectivity index (χ0) is 9.42. The fourth-order valence-electron chi connectivity index (χ4n) is 1.50. The van der Waals surface area contributed by atoms with E-state index in [0.717, 1.165) is 5.52 Å². The summed E-state index contributed by atoms with van der Waals surface area (Å²) in [5.74, 6) is 0.568. The number of hydrogen-bond acceptors (Lipinski definition) is 1. The molecular weight excluding hydrogens is 258 g/mol. The minimum atomic E-state index is 0. The standard InChI is InChI=1S/C11H13N2.CH4.Rb/c1-8(2)10-4-9(3)13-7-12-6-11(13)5-10;;/h4-6,8H,1-3H3;1H4;/q-1;;+1. The van der Waals surface area contributed by atoms with Crippen molar-refractivity contribution in [3.05, 3.63) is 35.9 Å². The maximum absolute atomic E-state index is 4.00. The van der Waals surface area contributed by atoms with Gasteiger partial charge in [0.25, 0.3) is 0 Å². The molecular formula is C12H17N2Rb. The summed E-state index contributed by atoms with van der Waals surface area (Å²) < 4.78 is 1.98. The van der Waals surface area contributed by atoms with Crippen molar-refractivity contribution in [3.8, 4) is 0 Å². The van der Waals surface area contributed by atoms with Crippen LogP contribution in [0, 0.1) is 13.3 Å². The second-order valence-corrected chi connectivity index (χ2v) is 3.70. The number of imidazole rings is 1. The van der Waals surface area contributed by atoms with Crippen molar-refractivity contribution < 1.29 is 58.2 Å². The number of hydrogen-bond donors (Lipinski definition) is 0. The van der Waals surface area contributed by atoms with E-state index in [9.17, 15) is 0 Å². The van der Waals surface area contributed by atoms with E-state index in [1.54, 1.807) is 0 Å². The van der Waals surface area contributed by atoms with E-state index in [-0.39, 0.29) is 65.6 Å². The summed E-state index contributed by atoms with van der Waals surface area (Å²) in [6.45, 7) is 6.48. The third-order valence-corrected chi connectivity index (χ3v) is 2.32. The molecule has 0 fully saturated rings. The average molecular weight is 275 g/mol. The molecule has 0 bridgehead atoms. The van der Waals surface area contributed by atoms with Crippen LogP contribution in [0.3, 0.4) is 0 Å². The van der Waals surface area contributed by atoms with Gasteiger partial charge in [0.2, 0.25) is 0 Å². The molecule has 0 spiro atoms. The summed E-state index contributed by atoms with van der Waals surface area (Å²) in [5.41, 5.74) is 3.68. The summed E-state index contributed by atoms with van der Waals surface area (Å²) in [7, 11) is 0. The van der Waals surface area contributed by atoms with Crippen LogP contribution < -0.4 is 58.2 Å². The Hall–Kier alpha value is 0.495. The molecule has 0 unspecified atom stereocenters. The number of fused-ring (bicyclic) bond motifs is 1. The molecule has 15 heavy (non-hydrogen) atoms. The van der Waals surface area contributed by atoms with Gasteiger partial charge in [-0.3, -0.25) is 0 Å². The Morgan fingerprint density at radius 3 is 2.60 bits per heavy atom. The smallest absolute Gasteiger partial charge is 0.430 e. The van der Waals surface area contributed by atoms with Gasteiger partial charge in [0.1, 0.15) is 0 Å². The minimum Gasteiger partial charge on any atom is -0.430 e. The molecule has 0 aliphatic heterocycles. The Bertz CT molecular complexity index is 432. The van der Waals surface area contributed by atoms with E-state index in [1.807, 2.05) is 10.6 Å². The van der Waals surface area contributed by atoms with Crippen molar-refractivity contribution in [2.24, 2.45) is 0 Å². The summed E-state index contributed by atoms with van der Waals surface area (Å²) in [4.78, 5) is 4.00. The summed E-state index contributed by atoms with van der Waals surface area (Å²) >= 11 is 0. The number of aromatic nitrogens is 2. The quantitative estimate of drug-likeness (QED) is 0.680. The van der Waals surface area contributed by atoms with E-state index in [4.69, 9.17) is 0 Å². The normalized spacial score (nSPS) is 9.87. The van der Waals surface area contributed by atoms with Crippen molar-refractivity contribution in [2.75, 3.05) is 0 Å². The molecule has 2 rings (SSSR count). The molecule has 2 aromatic rings. The van der Waals surface area contributed by atoms with E-state index in [1.165, 1.54) is 11.3 Å². The zero-order valence-electron chi connectivity index (χ0n) is 9.20. The largest absolute Gasteiger partial charge is 1.00 e. The molecule has 0 N–H and O–H groups in total. The maximum atomic E-state index is 4.00. The van der Waals surface area contributed by atoms with Crippen LogP contribution >= 0.6 is 0 Å². The van der Waals surface area contributed by atoms with Gasteiger partial charge in [-0.2, -0.15) is 0 Å². The van der Waals surface area contributed by atoms with E-state index < -0.39 is 0 Å². The first-order chi connectivity index (χ1) is 6.18. The Kier molecular flexibility index (Phi) is 6.49. The van der Waals surface area contributed by atoms with Gasteiger partial charge in [0.05, 0.1) is 0 Å². The fourth-order valence-corrected chi connectivity index (χ4v) is 1.50. The van der Waals surface area contributed by atoms with E-state index in [2.05, 4.69) is 44.2 Å². The van der Waals surface area contributed by atoms with Gasteiger partial charge in [-0.15, -0.1) is 0 Å². The van der Waals surface area contributed by atoms with Crippen LogP contribution in [-0.2, 0) is 0 Å². The predicted molar refractivity (Wildman–Crippen MR) is 59.6 cm³/mol. The van der Waals surface area contributed by atoms with Gasteiger partial charge in [-0.05, 0) is 5.92 Å². The number of nitrogens with zero attached hydrogens (tertiary/aromatic N) is 2. The Morgan fingerprint density at radius 2 is 2.00 bits per heavy atom. The molecule has 0 radical (unpaired) electrons. The van der Waals surface area contributed by atoms with E-state index in [0.29, 0.717) is 5.92 Å². The van der Waals surface area contributed by atoms with E-state index >= 15 is 0 Å². The molecule has 0 aliphatic rings. The van der Waals surface area contributed by atoms with Crippen molar-refractivity contribution in [1.82, 2.24) is 9.38 Å². The van der Waals surface area contributed by atoms with Crippen LogP contribution in [0.2, 0.25) is 0 Å². The van der Waals surface area contributed by atoms with Crippen LogP contribution in [0.4, 0.5) is 0 Å². The van der Waals surface area contributed by atoms with Crippen LogP contribution in [-0.4, -0.2) is 9.38 Å². The molecule has 2 aromatic heterocycles. The fraction of sp³-hybridized carbons (Fsp3) is 0.417. The SMILES string of the molecule is C.Cc1cc(C(C)C)cc2cn[c-]n12.[Rb+]. The molecule has 0 aliphatic carbocycles. The second kappa shape index (κ2) is 6.28. The van der Waals surface area contributed by atoms with Crippen molar-refractivity contribution in [1.29, 1.82) is 0 Å². The third-order valence-electron chi connectivity index (χ3n) is 2.32. The maximum Gasteiger partial charge on any atom is 1.00 e. The third kappa shape index (κ3) is 3.22. The van der Waals surface area contributed by atoms with Gasteiger partial charge in [-0.1, -0.05) is 63.3 Å². The number of aryl methyl sites for hydroxylation is 1. The monoisotopic (exact) mass is 274 g/mol. The molecule has 0 saturated heterocycles. The first-order valence-electron chi connectivity index (χ1n) is 4.54. The summed E-state index contributed by atoms with van der Waals surface area (Å²) in [6.07, 6.45) is 4.77. The molecule has 0 atom stereocenters. The zero-order valence-corrected chi connectivity index (χ0v) is 14.1. The first-order valence-corrected chi connectivity index (χ1v) is 4.54. The Morgan fingerprint density at radius 1 is 1.33 bits per heavy atom. The van der Waals surface area contributed by atoms with Crippen molar-refractivity contribution in [2.45, 2.75) is 34.1 Å². The summed E-state index contributed by atoms with van der Waals surface area (Å²) in [6, 6.07) is 4.36. The van der Waals surface area contributed by atoms with Crippen LogP contribution in [0.1, 0.15) is 38.4 Å². The predicted octanol–water partition coefficient (Wildman–Crippen LogP) is 0.206. The summed E-state index contributed by atoms with van der Waals surface area (Å²) in [5, 5.41) is 0. The molecule has 0 aromatic carbocycles. The first kappa shape index (κ1) is 15.5. The van der Waals surface area contributed by atoms with Gasteiger partial charge < -0.3 is 9.38 Å².